The minimum absolute atomic E-state index is 0.0485. The second kappa shape index (κ2) is 9.89. The summed E-state index contributed by atoms with van der Waals surface area (Å²) in [6.07, 6.45) is 0.808. The van der Waals surface area contributed by atoms with Crippen LogP contribution in [0.3, 0.4) is 0 Å². The molecule has 5 nitrogen and oxygen atoms in total. The first-order chi connectivity index (χ1) is 13.3. The molecular formula is C20H27F3N2O3. The maximum absolute atomic E-state index is 12.9. The van der Waals surface area contributed by atoms with Crippen LogP contribution in [-0.4, -0.2) is 36.9 Å². The normalized spacial score (nSPS) is 19.9. The van der Waals surface area contributed by atoms with Gasteiger partial charge in [0.15, 0.2) is 6.29 Å². The molecule has 0 aromatic carbocycles. The van der Waals surface area contributed by atoms with Crippen LogP contribution in [0.4, 0.5) is 19.0 Å². The Labute approximate surface area is 163 Å². The van der Waals surface area contributed by atoms with Crippen LogP contribution in [0.25, 0.3) is 0 Å². The molecule has 0 radical (unpaired) electrons. The third-order valence-corrected chi connectivity index (χ3v) is 5.24. The topological polar surface area (TPSA) is 59.5 Å². The number of hydrogen-bond donors (Lipinski definition) is 0. The van der Waals surface area contributed by atoms with E-state index in [2.05, 4.69) is 4.98 Å². The lowest BCUT2D eigenvalue weighted by atomic mass is 9.80. The highest BCUT2D eigenvalue weighted by atomic mass is 19.4. The van der Waals surface area contributed by atoms with Crippen LogP contribution in [0.2, 0.25) is 0 Å². The van der Waals surface area contributed by atoms with Crippen molar-refractivity contribution in [3.8, 4) is 0 Å². The molecule has 0 amide bonds. The zero-order valence-electron chi connectivity index (χ0n) is 16.3. The van der Waals surface area contributed by atoms with Gasteiger partial charge in [0.25, 0.3) is 0 Å². The summed E-state index contributed by atoms with van der Waals surface area (Å²) in [7, 11) is 0. The van der Waals surface area contributed by atoms with Gasteiger partial charge in [-0.3, -0.25) is 9.59 Å². The monoisotopic (exact) mass is 400 g/mol. The number of ether oxygens (including phenoxy) is 1. The summed E-state index contributed by atoms with van der Waals surface area (Å²) < 4.78 is 43.6. The van der Waals surface area contributed by atoms with E-state index in [9.17, 15) is 22.8 Å². The summed E-state index contributed by atoms with van der Waals surface area (Å²) in [5.41, 5.74) is -0.971. The molecule has 156 valence electrons. The number of carbonyl (C=O) groups excluding carboxylic acids is 2. The number of hydrogen-bond acceptors (Lipinski definition) is 5. The van der Waals surface area contributed by atoms with Crippen molar-refractivity contribution >= 4 is 18.1 Å². The molecular weight excluding hydrogens is 373 g/mol. The number of carbonyl (C=O) groups is 2. The third kappa shape index (κ3) is 5.94. The van der Waals surface area contributed by atoms with Crippen molar-refractivity contribution in [3.63, 3.8) is 0 Å². The van der Waals surface area contributed by atoms with Crippen molar-refractivity contribution in [1.82, 2.24) is 4.98 Å². The predicted octanol–water partition coefficient (Wildman–Crippen LogP) is 4.50. The molecule has 0 spiro atoms. The molecule has 1 fully saturated rings. The summed E-state index contributed by atoms with van der Waals surface area (Å²) in [6, 6.07) is 0.855. The quantitative estimate of drug-likeness (QED) is 0.475. The lowest BCUT2D eigenvalue weighted by Gasteiger charge is -2.33. The van der Waals surface area contributed by atoms with Gasteiger partial charge in [-0.05, 0) is 57.4 Å². The molecule has 0 bridgehead atoms. The number of rotatable bonds is 8. The highest BCUT2D eigenvalue weighted by Crippen LogP contribution is 2.34. The number of halogens is 3. The molecule has 0 saturated heterocycles. The Hall–Kier alpha value is -2.12. The van der Waals surface area contributed by atoms with Gasteiger partial charge >= 0.3 is 12.1 Å². The van der Waals surface area contributed by atoms with Crippen molar-refractivity contribution in [2.45, 2.75) is 52.1 Å². The molecule has 1 aliphatic rings. The minimum Gasteiger partial charge on any atom is -0.466 e. The maximum atomic E-state index is 12.9. The fourth-order valence-corrected chi connectivity index (χ4v) is 3.73. The fraction of sp³-hybridized carbons (Fsp3) is 0.650. The Bertz CT molecular complexity index is 671. The van der Waals surface area contributed by atoms with Crippen molar-refractivity contribution in [3.05, 3.63) is 23.4 Å². The molecule has 0 unspecified atom stereocenters. The number of nitrogens with zero attached hydrogens (tertiary/aromatic N) is 2. The Kier molecular flexibility index (Phi) is 7.83. The Morgan fingerprint density at radius 2 is 1.89 bits per heavy atom. The SMILES string of the molecule is CCOC(=O)C[C@H]1CC[C@H](CN(CC)c2ncc(C(F)(F)F)cc2C=O)CC1. The van der Waals surface area contributed by atoms with E-state index in [0.717, 1.165) is 37.9 Å². The lowest BCUT2D eigenvalue weighted by molar-refractivity contribution is -0.144. The number of anilines is 1. The molecule has 1 aromatic rings. The molecule has 1 aliphatic carbocycles. The van der Waals surface area contributed by atoms with Gasteiger partial charge < -0.3 is 9.64 Å². The summed E-state index contributed by atoms with van der Waals surface area (Å²) in [5, 5.41) is 0. The van der Waals surface area contributed by atoms with Gasteiger partial charge in [-0.25, -0.2) is 4.98 Å². The van der Waals surface area contributed by atoms with Crippen molar-refractivity contribution in [2.24, 2.45) is 11.8 Å². The van der Waals surface area contributed by atoms with E-state index >= 15 is 0 Å². The second-order valence-electron chi connectivity index (χ2n) is 7.19. The molecule has 1 aromatic heterocycles. The van der Waals surface area contributed by atoms with Gasteiger partial charge in [0, 0.05) is 25.7 Å². The van der Waals surface area contributed by atoms with Gasteiger partial charge in [-0.1, -0.05) is 0 Å². The standard InChI is InChI=1S/C20H27F3N2O3/c1-3-25(19-16(13-26)10-17(11-24-19)20(21,22)23)12-15-7-5-14(6-8-15)9-18(27)28-4-2/h10-11,13-15H,3-9,12H2,1-2H3/t14-,15-. The maximum Gasteiger partial charge on any atom is 0.417 e. The van der Waals surface area contributed by atoms with E-state index in [0.29, 0.717) is 50.1 Å². The molecule has 28 heavy (non-hydrogen) atoms. The third-order valence-electron chi connectivity index (χ3n) is 5.24. The van der Waals surface area contributed by atoms with E-state index in [1.165, 1.54) is 0 Å². The average molecular weight is 400 g/mol. The second-order valence-corrected chi connectivity index (χ2v) is 7.19. The Morgan fingerprint density at radius 3 is 2.43 bits per heavy atom. The Balaban J connectivity index is 2.00. The molecule has 0 aliphatic heterocycles. The number of pyridine rings is 1. The average Bonchev–Trinajstić information content (AvgIpc) is 2.66. The van der Waals surface area contributed by atoms with E-state index in [1.54, 1.807) is 6.92 Å². The van der Waals surface area contributed by atoms with Gasteiger partial charge in [0.2, 0.25) is 0 Å². The van der Waals surface area contributed by atoms with Gasteiger partial charge in [-0.15, -0.1) is 0 Å². The molecule has 2 rings (SSSR count). The number of esters is 1. The molecule has 8 heteroatoms. The first-order valence-electron chi connectivity index (χ1n) is 9.71. The van der Waals surface area contributed by atoms with E-state index < -0.39 is 11.7 Å². The summed E-state index contributed by atoms with van der Waals surface area (Å²) in [6.45, 7) is 5.24. The largest absolute Gasteiger partial charge is 0.466 e. The van der Waals surface area contributed by atoms with Crippen LogP contribution < -0.4 is 4.90 Å². The first kappa shape index (κ1) is 22.2. The zero-order valence-corrected chi connectivity index (χ0v) is 16.3. The molecule has 1 saturated carbocycles. The van der Waals surface area contributed by atoms with Crippen LogP contribution in [0.15, 0.2) is 12.3 Å². The fourth-order valence-electron chi connectivity index (χ4n) is 3.73. The number of aromatic nitrogens is 1. The smallest absolute Gasteiger partial charge is 0.417 e. The van der Waals surface area contributed by atoms with E-state index in [-0.39, 0.29) is 11.5 Å². The van der Waals surface area contributed by atoms with Crippen molar-refractivity contribution in [2.75, 3.05) is 24.6 Å². The van der Waals surface area contributed by atoms with Crippen LogP contribution in [0.5, 0.6) is 0 Å². The zero-order chi connectivity index (χ0) is 20.7. The molecule has 0 N–H and O–H groups in total. The van der Waals surface area contributed by atoms with Gasteiger partial charge in [-0.2, -0.15) is 13.2 Å². The van der Waals surface area contributed by atoms with Crippen molar-refractivity contribution < 1.29 is 27.5 Å². The van der Waals surface area contributed by atoms with Crippen LogP contribution in [0, 0.1) is 11.8 Å². The first-order valence-corrected chi connectivity index (χ1v) is 9.71. The summed E-state index contributed by atoms with van der Waals surface area (Å²) in [5.74, 6) is 0.798. The number of alkyl halides is 3. The van der Waals surface area contributed by atoms with Crippen LogP contribution >= 0.6 is 0 Å². The van der Waals surface area contributed by atoms with Crippen LogP contribution in [-0.2, 0) is 15.7 Å². The lowest BCUT2D eigenvalue weighted by Crippen LogP contribution is -2.33. The molecule has 1 heterocycles. The highest BCUT2D eigenvalue weighted by molar-refractivity contribution is 5.83. The number of aldehydes is 1. The van der Waals surface area contributed by atoms with Crippen LogP contribution in [0.1, 0.15) is 61.9 Å². The highest BCUT2D eigenvalue weighted by Gasteiger charge is 2.32. The summed E-state index contributed by atoms with van der Waals surface area (Å²) in [4.78, 5) is 28.8. The predicted molar refractivity (Wildman–Crippen MR) is 99.2 cm³/mol. The molecule has 0 atom stereocenters. The summed E-state index contributed by atoms with van der Waals surface area (Å²) >= 11 is 0. The van der Waals surface area contributed by atoms with Gasteiger partial charge in [0.1, 0.15) is 5.82 Å². The Morgan fingerprint density at radius 1 is 1.25 bits per heavy atom. The van der Waals surface area contributed by atoms with E-state index in [4.69, 9.17) is 4.74 Å². The van der Waals surface area contributed by atoms with E-state index in [1.807, 2.05) is 11.8 Å². The van der Waals surface area contributed by atoms with Crippen molar-refractivity contribution in [1.29, 1.82) is 0 Å². The minimum atomic E-state index is -4.53. The van der Waals surface area contributed by atoms with Gasteiger partial charge in [0.05, 0.1) is 17.7 Å².